The highest BCUT2D eigenvalue weighted by molar-refractivity contribution is 6.13. The van der Waals surface area contributed by atoms with Gasteiger partial charge in [-0.1, -0.05) is 152 Å². The van der Waals surface area contributed by atoms with E-state index in [0.717, 1.165) is 60.9 Å². The van der Waals surface area contributed by atoms with Gasteiger partial charge in [0.25, 0.3) is 0 Å². The minimum Gasteiger partial charge on any atom is -0.456 e. The summed E-state index contributed by atoms with van der Waals surface area (Å²) in [6, 6.07) is 65.3. The molecule has 0 saturated heterocycles. The molecule has 0 amide bonds. The van der Waals surface area contributed by atoms with E-state index in [2.05, 4.69) is 140 Å². The molecule has 0 unspecified atom stereocenters. The average Bonchev–Trinajstić information content (AvgIpc) is 3.62. The summed E-state index contributed by atoms with van der Waals surface area (Å²) < 4.78 is 6.46. The number of fused-ring (bicyclic) bond motifs is 4. The fourth-order valence-electron chi connectivity index (χ4n) is 7.24. The molecule has 0 aliphatic heterocycles. The zero-order valence-electron chi connectivity index (χ0n) is 28.6. The first-order valence-electron chi connectivity index (χ1n) is 17.8. The zero-order valence-corrected chi connectivity index (χ0v) is 28.6. The van der Waals surface area contributed by atoms with Gasteiger partial charge < -0.3 is 4.42 Å². The van der Waals surface area contributed by atoms with E-state index in [9.17, 15) is 0 Å². The highest BCUT2D eigenvalue weighted by Gasteiger charge is 2.19. The number of hydrogen-bond donors (Lipinski definition) is 0. The Balaban J connectivity index is 1.12. The van der Waals surface area contributed by atoms with Crippen molar-refractivity contribution in [2.75, 3.05) is 0 Å². The van der Waals surface area contributed by atoms with E-state index >= 15 is 0 Å². The molecule has 0 aliphatic carbocycles. The summed E-state index contributed by atoms with van der Waals surface area (Å²) in [5, 5.41) is 4.40. The van der Waals surface area contributed by atoms with Crippen molar-refractivity contribution in [2.24, 2.45) is 0 Å². The van der Waals surface area contributed by atoms with Crippen molar-refractivity contribution < 1.29 is 4.42 Å². The van der Waals surface area contributed by atoms with Gasteiger partial charge in [0.1, 0.15) is 11.2 Å². The maximum atomic E-state index is 6.46. The molecule has 248 valence electrons. The second-order valence-electron chi connectivity index (χ2n) is 13.3. The minimum absolute atomic E-state index is 0.594. The predicted octanol–water partition coefficient (Wildman–Crippen LogP) is 12.9. The molecule has 10 aromatic rings. The summed E-state index contributed by atoms with van der Waals surface area (Å²) in [6.07, 6.45) is 0. The van der Waals surface area contributed by atoms with E-state index in [1.165, 1.54) is 21.9 Å². The largest absolute Gasteiger partial charge is 0.456 e. The van der Waals surface area contributed by atoms with Crippen molar-refractivity contribution in [1.29, 1.82) is 0 Å². The van der Waals surface area contributed by atoms with Crippen molar-refractivity contribution in [2.45, 2.75) is 0 Å². The van der Waals surface area contributed by atoms with Crippen LogP contribution in [-0.2, 0) is 0 Å². The first-order valence-corrected chi connectivity index (χ1v) is 17.8. The Labute approximate surface area is 306 Å². The van der Waals surface area contributed by atoms with Crippen LogP contribution in [0.4, 0.5) is 0 Å². The van der Waals surface area contributed by atoms with E-state index < -0.39 is 0 Å². The lowest BCUT2D eigenvalue weighted by Crippen LogP contribution is -2.00. The lowest BCUT2D eigenvalue weighted by atomic mass is 9.96. The molecule has 0 atom stereocenters. The van der Waals surface area contributed by atoms with Crippen LogP contribution in [0.5, 0.6) is 0 Å². The molecular weight excluding hydrogens is 647 g/mol. The Bertz CT molecular complexity index is 2940. The van der Waals surface area contributed by atoms with Gasteiger partial charge in [-0.15, -0.1) is 0 Å². The molecule has 53 heavy (non-hydrogen) atoms. The van der Waals surface area contributed by atoms with Gasteiger partial charge in [-0.25, -0.2) is 15.0 Å². The van der Waals surface area contributed by atoms with Crippen molar-refractivity contribution in [3.8, 4) is 67.5 Å². The zero-order chi connectivity index (χ0) is 35.1. The van der Waals surface area contributed by atoms with Crippen LogP contribution in [0, 0.1) is 0 Å². The van der Waals surface area contributed by atoms with Crippen LogP contribution in [0.25, 0.3) is 100 Å². The van der Waals surface area contributed by atoms with Gasteiger partial charge >= 0.3 is 0 Å². The van der Waals surface area contributed by atoms with Crippen LogP contribution in [-0.4, -0.2) is 15.0 Å². The third-order valence-electron chi connectivity index (χ3n) is 9.91. The van der Waals surface area contributed by atoms with Gasteiger partial charge in [0, 0.05) is 27.5 Å². The summed E-state index contributed by atoms with van der Waals surface area (Å²) >= 11 is 0. The van der Waals surface area contributed by atoms with Crippen LogP contribution < -0.4 is 0 Å². The SMILES string of the molecule is c1ccc(-c2cccc(-c3nc(-c4ccccc4)nc(-c4cccc5oc6ccc(-c7ccc8ccc(-c9ccccc9)cc8c7)cc6c45)n3)c2)cc1. The summed E-state index contributed by atoms with van der Waals surface area (Å²) in [5.41, 5.74) is 11.3. The molecule has 8 aromatic carbocycles. The Morgan fingerprint density at radius 2 is 0.811 bits per heavy atom. The maximum Gasteiger partial charge on any atom is 0.164 e. The van der Waals surface area contributed by atoms with Crippen LogP contribution in [0.15, 0.2) is 192 Å². The van der Waals surface area contributed by atoms with Crippen molar-refractivity contribution in [3.05, 3.63) is 188 Å². The molecular formula is C49H31N3O. The molecule has 4 heteroatoms. The smallest absolute Gasteiger partial charge is 0.164 e. The molecule has 0 saturated carbocycles. The molecule has 0 radical (unpaired) electrons. The number of aromatic nitrogens is 3. The number of hydrogen-bond acceptors (Lipinski definition) is 4. The monoisotopic (exact) mass is 677 g/mol. The van der Waals surface area contributed by atoms with Crippen LogP contribution in [0.1, 0.15) is 0 Å². The van der Waals surface area contributed by atoms with Crippen molar-refractivity contribution in [1.82, 2.24) is 15.0 Å². The summed E-state index contributed by atoms with van der Waals surface area (Å²) in [5.74, 6) is 1.83. The average molecular weight is 678 g/mol. The van der Waals surface area contributed by atoms with Crippen LogP contribution >= 0.6 is 0 Å². The molecule has 0 N–H and O–H groups in total. The molecule has 2 aromatic heterocycles. The molecule has 2 heterocycles. The topological polar surface area (TPSA) is 51.8 Å². The van der Waals surface area contributed by atoms with Crippen molar-refractivity contribution >= 4 is 32.7 Å². The first-order chi connectivity index (χ1) is 26.2. The normalized spacial score (nSPS) is 11.4. The fourth-order valence-corrected chi connectivity index (χ4v) is 7.24. The van der Waals surface area contributed by atoms with E-state index in [1.54, 1.807) is 0 Å². The Kier molecular flexibility index (Phi) is 7.43. The number of rotatable bonds is 6. The Morgan fingerprint density at radius 1 is 0.302 bits per heavy atom. The van der Waals surface area contributed by atoms with Gasteiger partial charge in [0.2, 0.25) is 0 Å². The summed E-state index contributed by atoms with van der Waals surface area (Å²) in [6.45, 7) is 0. The van der Waals surface area contributed by atoms with E-state index in [4.69, 9.17) is 19.4 Å². The first kappa shape index (κ1) is 30.6. The van der Waals surface area contributed by atoms with Gasteiger partial charge in [0.05, 0.1) is 0 Å². The highest BCUT2D eigenvalue weighted by atomic mass is 16.3. The molecule has 0 fully saturated rings. The van der Waals surface area contributed by atoms with Gasteiger partial charge in [-0.3, -0.25) is 0 Å². The second kappa shape index (κ2) is 12.9. The minimum atomic E-state index is 0.594. The molecule has 10 rings (SSSR count). The highest BCUT2D eigenvalue weighted by Crippen LogP contribution is 2.39. The van der Waals surface area contributed by atoms with E-state index in [1.807, 2.05) is 48.5 Å². The molecule has 4 nitrogen and oxygen atoms in total. The fraction of sp³-hybridized carbons (Fsp3) is 0. The lowest BCUT2D eigenvalue weighted by molar-refractivity contribution is 0.669. The standard InChI is InChI=1S/C49H31N3O/c1-4-12-32(13-5-1)36-18-10-19-40(28-36)48-50-47(35-16-8-3-9-17-35)51-49(52-48)42-20-11-21-45-46(42)43-31-39(26-27-44(43)53-45)38-25-23-34-22-24-37(29-41(34)30-38)33-14-6-2-7-15-33/h1-31H. The van der Waals surface area contributed by atoms with Crippen LogP contribution in [0.2, 0.25) is 0 Å². The lowest BCUT2D eigenvalue weighted by Gasteiger charge is -2.10. The third-order valence-corrected chi connectivity index (χ3v) is 9.91. The van der Waals surface area contributed by atoms with E-state index in [-0.39, 0.29) is 0 Å². The van der Waals surface area contributed by atoms with E-state index in [0.29, 0.717) is 17.5 Å². The molecule has 0 bridgehead atoms. The number of furan rings is 1. The van der Waals surface area contributed by atoms with Crippen molar-refractivity contribution in [3.63, 3.8) is 0 Å². The maximum absolute atomic E-state index is 6.46. The number of nitrogens with zero attached hydrogens (tertiary/aromatic N) is 3. The molecule has 0 aliphatic rings. The van der Waals surface area contributed by atoms with Gasteiger partial charge in [-0.2, -0.15) is 0 Å². The predicted molar refractivity (Wildman–Crippen MR) is 217 cm³/mol. The second-order valence-corrected chi connectivity index (χ2v) is 13.3. The van der Waals surface area contributed by atoms with Gasteiger partial charge in [0.15, 0.2) is 17.5 Å². The third kappa shape index (κ3) is 5.73. The number of benzene rings is 8. The summed E-state index contributed by atoms with van der Waals surface area (Å²) in [7, 11) is 0. The Hall–Kier alpha value is -7.17. The molecule has 0 spiro atoms. The van der Waals surface area contributed by atoms with Gasteiger partial charge in [-0.05, 0) is 80.6 Å². The quantitative estimate of drug-likeness (QED) is 0.176. The summed E-state index contributed by atoms with van der Waals surface area (Å²) in [4.78, 5) is 15.3. The Morgan fingerprint density at radius 3 is 1.51 bits per heavy atom. The van der Waals surface area contributed by atoms with Crippen LogP contribution in [0.3, 0.4) is 0 Å².